The summed E-state index contributed by atoms with van der Waals surface area (Å²) in [4.78, 5) is 44.0. The summed E-state index contributed by atoms with van der Waals surface area (Å²) in [6.45, 7) is 11.2. The second kappa shape index (κ2) is 13.6. The molecule has 3 N–H and O–H groups in total. The Hall–Kier alpha value is -3.40. The van der Waals surface area contributed by atoms with Gasteiger partial charge in [0.1, 0.15) is 23.2 Å². The van der Waals surface area contributed by atoms with Crippen molar-refractivity contribution in [1.29, 1.82) is 0 Å². The summed E-state index contributed by atoms with van der Waals surface area (Å²) in [5, 5.41) is 2.97. The minimum atomic E-state index is -0.120. The third kappa shape index (κ3) is 8.67. The van der Waals surface area contributed by atoms with Gasteiger partial charge in [0.2, 0.25) is 11.8 Å². The molecule has 3 aromatic heterocycles. The second-order valence-corrected chi connectivity index (χ2v) is 9.53. The predicted octanol–water partition coefficient (Wildman–Crippen LogP) is 3.06. The van der Waals surface area contributed by atoms with E-state index >= 15 is 0 Å². The Labute approximate surface area is 212 Å². The molecule has 0 saturated heterocycles. The zero-order chi connectivity index (χ0) is 25.9. The number of H-pyrrole nitrogens is 2. The van der Waals surface area contributed by atoms with Crippen LogP contribution in [0, 0.1) is 0 Å². The maximum atomic E-state index is 13.0. The van der Waals surface area contributed by atoms with Gasteiger partial charge in [-0.05, 0) is 59.2 Å². The number of carbonyl (C=O) groups excluding carboxylic acids is 2. The molecule has 10 heteroatoms. The Morgan fingerprint density at radius 1 is 0.917 bits per heavy atom. The molecule has 0 aliphatic heterocycles. The quantitative estimate of drug-likeness (QED) is 0.277. The van der Waals surface area contributed by atoms with Crippen LogP contribution in [0.15, 0.2) is 41.3 Å². The van der Waals surface area contributed by atoms with Gasteiger partial charge in [-0.1, -0.05) is 0 Å². The third-order valence-electron chi connectivity index (χ3n) is 6.01. The predicted molar refractivity (Wildman–Crippen MR) is 137 cm³/mol. The molecular formula is C26H39N7O3. The number of hydrogen-bond donors (Lipinski definition) is 3. The summed E-state index contributed by atoms with van der Waals surface area (Å²) < 4.78 is 5.80. The SMILES string of the molecule is CC(C)N(CCCCNC(=O)Cc1ccc(CC(=O)N(Cc2ncc[nH]2)Cc2ncc[nH]2)o1)C(C)C. The summed E-state index contributed by atoms with van der Waals surface area (Å²) in [5.74, 6) is 2.24. The molecule has 0 atom stereocenters. The van der Waals surface area contributed by atoms with Gasteiger partial charge in [0.25, 0.3) is 0 Å². The van der Waals surface area contributed by atoms with Crippen LogP contribution >= 0.6 is 0 Å². The molecule has 36 heavy (non-hydrogen) atoms. The molecule has 196 valence electrons. The van der Waals surface area contributed by atoms with Gasteiger partial charge >= 0.3 is 0 Å². The molecule has 10 nitrogen and oxygen atoms in total. The Balaban J connectivity index is 1.44. The van der Waals surface area contributed by atoms with Crippen molar-refractivity contribution in [3.05, 3.63) is 60.1 Å². The molecule has 3 aromatic rings. The molecular weight excluding hydrogens is 458 g/mol. The maximum Gasteiger partial charge on any atom is 0.231 e. The summed E-state index contributed by atoms with van der Waals surface area (Å²) in [6.07, 6.45) is 8.96. The highest BCUT2D eigenvalue weighted by atomic mass is 16.3. The van der Waals surface area contributed by atoms with Crippen LogP contribution in [-0.2, 0) is 35.5 Å². The van der Waals surface area contributed by atoms with E-state index in [1.165, 1.54) is 0 Å². The maximum absolute atomic E-state index is 13.0. The molecule has 0 unspecified atom stereocenters. The molecule has 0 aliphatic carbocycles. The number of imidazole rings is 2. The van der Waals surface area contributed by atoms with Crippen LogP contribution in [0.3, 0.4) is 0 Å². The highest BCUT2D eigenvalue weighted by molar-refractivity contribution is 5.79. The average Bonchev–Trinajstić information content (AvgIpc) is 3.59. The summed E-state index contributed by atoms with van der Waals surface area (Å²) in [6, 6.07) is 4.54. The van der Waals surface area contributed by atoms with E-state index in [2.05, 4.69) is 57.8 Å². The zero-order valence-electron chi connectivity index (χ0n) is 21.8. The van der Waals surface area contributed by atoms with Crippen molar-refractivity contribution < 1.29 is 14.0 Å². The molecule has 0 aromatic carbocycles. The van der Waals surface area contributed by atoms with E-state index in [9.17, 15) is 9.59 Å². The van der Waals surface area contributed by atoms with Gasteiger partial charge in [0.05, 0.1) is 25.9 Å². The minimum absolute atomic E-state index is 0.0796. The van der Waals surface area contributed by atoms with Gasteiger partial charge in [-0.2, -0.15) is 0 Å². The van der Waals surface area contributed by atoms with Gasteiger partial charge in [0.15, 0.2) is 0 Å². The molecule has 0 bridgehead atoms. The summed E-state index contributed by atoms with van der Waals surface area (Å²) in [5.41, 5.74) is 0. The van der Waals surface area contributed by atoms with Crippen LogP contribution in [0.1, 0.15) is 63.7 Å². The Morgan fingerprint density at radius 2 is 1.50 bits per heavy atom. The Morgan fingerprint density at radius 3 is 2.03 bits per heavy atom. The van der Waals surface area contributed by atoms with Crippen molar-refractivity contribution in [2.24, 2.45) is 0 Å². The van der Waals surface area contributed by atoms with Crippen LogP contribution in [0.25, 0.3) is 0 Å². The van der Waals surface area contributed by atoms with E-state index in [0.29, 0.717) is 54.9 Å². The summed E-state index contributed by atoms with van der Waals surface area (Å²) >= 11 is 0. The number of unbranched alkanes of at least 4 members (excludes halogenated alkanes) is 1. The monoisotopic (exact) mass is 497 g/mol. The second-order valence-electron chi connectivity index (χ2n) is 9.53. The van der Waals surface area contributed by atoms with Crippen LogP contribution in [0.4, 0.5) is 0 Å². The van der Waals surface area contributed by atoms with Crippen LogP contribution in [0.2, 0.25) is 0 Å². The molecule has 3 heterocycles. The van der Waals surface area contributed by atoms with Gasteiger partial charge in [-0.3, -0.25) is 14.5 Å². The molecule has 0 radical (unpaired) electrons. The average molecular weight is 498 g/mol. The number of furan rings is 1. The minimum Gasteiger partial charge on any atom is -0.465 e. The number of amides is 2. The first kappa shape index (κ1) is 27.2. The van der Waals surface area contributed by atoms with Crippen molar-refractivity contribution in [3.8, 4) is 0 Å². The Bertz CT molecular complexity index is 997. The van der Waals surface area contributed by atoms with Gasteiger partial charge in [0, 0.05) is 43.4 Å². The molecule has 0 spiro atoms. The first-order valence-corrected chi connectivity index (χ1v) is 12.7. The number of nitrogens with zero attached hydrogens (tertiary/aromatic N) is 4. The van der Waals surface area contributed by atoms with Crippen molar-refractivity contribution in [1.82, 2.24) is 35.1 Å². The van der Waals surface area contributed by atoms with Crippen LogP contribution in [0.5, 0.6) is 0 Å². The lowest BCUT2D eigenvalue weighted by Crippen LogP contribution is -2.38. The fourth-order valence-electron chi connectivity index (χ4n) is 4.22. The van der Waals surface area contributed by atoms with Crippen molar-refractivity contribution in [2.75, 3.05) is 13.1 Å². The van der Waals surface area contributed by atoms with E-state index in [4.69, 9.17) is 4.42 Å². The normalized spacial score (nSPS) is 11.5. The van der Waals surface area contributed by atoms with E-state index in [1.807, 2.05) is 0 Å². The van der Waals surface area contributed by atoms with E-state index in [1.54, 1.807) is 41.8 Å². The van der Waals surface area contributed by atoms with Crippen molar-refractivity contribution in [3.63, 3.8) is 0 Å². The fourth-order valence-corrected chi connectivity index (χ4v) is 4.22. The number of carbonyl (C=O) groups is 2. The van der Waals surface area contributed by atoms with Gasteiger partial charge < -0.3 is 24.6 Å². The molecule has 3 rings (SSSR count). The summed E-state index contributed by atoms with van der Waals surface area (Å²) in [7, 11) is 0. The van der Waals surface area contributed by atoms with Crippen molar-refractivity contribution >= 4 is 11.8 Å². The number of nitrogens with one attached hydrogen (secondary N) is 3. The zero-order valence-corrected chi connectivity index (χ0v) is 21.8. The topological polar surface area (TPSA) is 123 Å². The standard InChI is InChI=1S/C26H39N7O3/c1-19(2)33(20(3)4)14-6-5-9-31-25(34)15-21-7-8-22(36-21)16-26(35)32(17-23-27-10-11-28-23)18-24-29-12-13-30-24/h7-8,10-13,19-20H,5-6,9,14-18H2,1-4H3,(H,27,28)(H,29,30)(H,31,34). The largest absolute Gasteiger partial charge is 0.465 e. The highest BCUT2D eigenvalue weighted by Crippen LogP contribution is 2.13. The molecule has 2 amide bonds. The molecule has 0 aliphatic rings. The smallest absolute Gasteiger partial charge is 0.231 e. The number of hydrogen-bond acceptors (Lipinski definition) is 6. The fraction of sp³-hybridized carbons (Fsp3) is 0.538. The highest BCUT2D eigenvalue weighted by Gasteiger charge is 2.19. The first-order valence-electron chi connectivity index (χ1n) is 12.7. The number of rotatable bonds is 15. The molecule has 0 saturated carbocycles. The van der Waals surface area contributed by atoms with Crippen LogP contribution in [-0.4, -0.2) is 66.7 Å². The van der Waals surface area contributed by atoms with Crippen molar-refractivity contribution in [2.45, 2.75) is 78.6 Å². The Kier molecular flexibility index (Phi) is 10.3. The first-order chi connectivity index (χ1) is 17.3. The van der Waals surface area contributed by atoms with E-state index in [-0.39, 0.29) is 24.7 Å². The number of aromatic nitrogens is 4. The van der Waals surface area contributed by atoms with E-state index in [0.717, 1.165) is 19.4 Å². The van der Waals surface area contributed by atoms with Crippen LogP contribution < -0.4 is 5.32 Å². The lowest BCUT2D eigenvalue weighted by atomic mass is 10.2. The van der Waals surface area contributed by atoms with Gasteiger partial charge in [-0.15, -0.1) is 0 Å². The van der Waals surface area contributed by atoms with Gasteiger partial charge in [-0.25, -0.2) is 9.97 Å². The molecule has 0 fully saturated rings. The lowest BCUT2D eigenvalue weighted by molar-refractivity contribution is -0.132. The third-order valence-corrected chi connectivity index (χ3v) is 6.01. The number of aromatic amines is 2. The lowest BCUT2D eigenvalue weighted by Gasteiger charge is -2.30. The van der Waals surface area contributed by atoms with E-state index < -0.39 is 0 Å².